The van der Waals surface area contributed by atoms with Gasteiger partial charge in [-0.25, -0.2) is 0 Å². The Labute approximate surface area is 169 Å². The minimum absolute atomic E-state index is 0.105. The van der Waals surface area contributed by atoms with E-state index in [0.29, 0.717) is 24.3 Å². The van der Waals surface area contributed by atoms with Crippen LogP contribution in [-0.2, 0) is 11.2 Å². The van der Waals surface area contributed by atoms with Gasteiger partial charge in [0.15, 0.2) is 0 Å². The summed E-state index contributed by atoms with van der Waals surface area (Å²) in [7, 11) is 1.61. The molecule has 1 aromatic heterocycles. The number of para-hydroxylation sites is 1. The van der Waals surface area contributed by atoms with Gasteiger partial charge in [-0.2, -0.15) is 0 Å². The Kier molecular flexibility index (Phi) is 6.84. The second-order valence-corrected chi connectivity index (χ2v) is 6.21. The Morgan fingerprint density at radius 1 is 1.00 bits per heavy atom. The summed E-state index contributed by atoms with van der Waals surface area (Å²) in [5.41, 5.74) is 1.55. The second-order valence-electron chi connectivity index (χ2n) is 6.21. The number of ether oxygens (including phenoxy) is 1. The predicted octanol–water partition coefficient (Wildman–Crippen LogP) is 3.42. The lowest BCUT2D eigenvalue weighted by Crippen LogP contribution is -2.35. The molecule has 6 heteroatoms. The van der Waals surface area contributed by atoms with E-state index in [1.165, 1.54) is 12.3 Å². The lowest BCUT2D eigenvalue weighted by molar-refractivity contribution is -0.117. The van der Waals surface area contributed by atoms with Gasteiger partial charge in [-0.05, 0) is 42.3 Å². The fourth-order valence-electron chi connectivity index (χ4n) is 2.77. The average Bonchev–Trinajstić information content (AvgIpc) is 3.27. The third-order valence-corrected chi connectivity index (χ3v) is 4.23. The summed E-state index contributed by atoms with van der Waals surface area (Å²) in [6.45, 7) is 0.385. The van der Waals surface area contributed by atoms with Gasteiger partial charge in [0.25, 0.3) is 11.8 Å². The number of carbonyl (C=O) groups excluding carboxylic acids is 2. The van der Waals surface area contributed by atoms with E-state index >= 15 is 0 Å². The molecule has 1 heterocycles. The highest BCUT2D eigenvalue weighted by atomic mass is 16.5. The maximum Gasteiger partial charge on any atom is 0.267 e. The van der Waals surface area contributed by atoms with Crippen LogP contribution >= 0.6 is 0 Å². The number of rotatable bonds is 8. The Morgan fingerprint density at radius 3 is 2.48 bits per heavy atom. The zero-order valence-corrected chi connectivity index (χ0v) is 16.1. The molecule has 0 radical (unpaired) electrons. The standard InChI is InChI=1S/C23H22N2O4/c1-28-21-12-6-5-8-17(21)13-14-24-23(27)20(16-19-11-7-15-29-19)25-22(26)18-9-3-2-4-10-18/h2-12,15-16H,13-14H2,1H3,(H,24,27)(H,25,26)/b20-16+. The van der Waals surface area contributed by atoms with E-state index in [4.69, 9.17) is 9.15 Å². The minimum Gasteiger partial charge on any atom is -0.496 e. The lowest BCUT2D eigenvalue weighted by atomic mass is 10.1. The average molecular weight is 390 g/mol. The van der Waals surface area contributed by atoms with Crippen LogP contribution in [0.3, 0.4) is 0 Å². The molecule has 0 aliphatic carbocycles. The summed E-state index contributed by atoms with van der Waals surface area (Å²) < 4.78 is 10.6. The van der Waals surface area contributed by atoms with E-state index in [1.807, 2.05) is 30.3 Å². The van der Waals surface area contributed by atoms with Crippen LogP contribution in [0.2, 0.25) is 0 Å². The molecule has 6 nitrogen and oxygen atoms in total. The Morgan fingerprint density at radius 2 is 1.76 bits per heavy atom. The van der Waals surface area contributed by atoms with Crippen molar-refractivity contribution in [2.24, 2.45) is 0 Å². The SMILES string of the molecule is COc1ccccc1CCNC(=O)/C(=C\c1ccco1)NC(=O)c1ccccc1. The molecule has 3 rings (SSSR count). The van der Waals surface area contributed by atoms with Crippen LogP contribution < -0.4 is 15.4 Å². The topological polar surface area (TPSA) is 80.6 Å². The molecule has 0 spiro atoms. The van der Waals surface area contributed by atoms with Crippen molar-refractivity contribution in [3.05, 3.63) is 95.6 Å². The van der Waals surface area contributed by atoms with Crippen molar-refractivity contribution in [2.75, 3.05) is 13.7 Å². The van der Waals surface area contributed by atoms with E-state index < -0.39 is 5.91 Å². The maximum atomic E-state index is 12.7. The number of nitrogens with one attached hydrogen (secondary N) is 2. The molecular formula is C23H22N2O4. The number of benzene rings is 2. The molecule has 0 aliphatic heterocycles. The van der Waals surface area contributed by atoms with E-state index in [0.717, 1.165) is 11.3 Å². The van der Waals surface area contributed by atoms with Crippen LogP contribution in [-0.4, -0.2) is 25.5 Å². The number of hydrogen-bond acceptors (Lipinski definition) is 4. The first-order valence-electron chi connectivity index (χ1n) is 9.19. The zero-order chi connectivity index (χ0) is 20.5. The smallest absolute Gasteiger partial charge is 0.267 e. The second kappa shape index (κ2) is 9.94. The summed E-state index contributed by atoms with van der Waals surface area (Å²) in [4.78, 5) is 25.2. The monoisotopic (exact) mass is 390 g/mol. The van der Waals surface area contributed by atoms with Gasteiger partial charge in [-0.15, -0.1) is 0 Å². The van der Waals surface area contributed by atoms with Crippen LogP contribution in [0.25, 0.3) is 6.08 Å². The summed E-state index contributed by atoms with van der Waals surface area (Å²) in [6.07, 6.45) is 3.59. The maximum absolute atomic E-state index is 12.7. The molecule has 0 saturated heterocycles. The number of furan rings is 1. The first-order chi connectivity index (χ1) is 14.2. The zero-order valence-electron chi connectivity index (χ0n) is 16.1. The van der Waals surface area contributed by atoms with Gasteiger partial charge < -0.3 is 19.8 Å². The van der Waals surface area contributed by atoms with Crippen LogP contribution in [0, 0.1) is 0 Å². The van der Waals surface area contributed by atoms with Gasteiger partial charge in [0.2, 0.25) is 0 Å². The number of methoxy groups -OCH3 is 1. The molecule has 2 amide bonds. The number of carbonyl (C=O) groups is 2. The van der Waals surface area contributed by atoms with Crippen molar-refractivity contribution in [3.63, 3.8) is 0 Å². The van der Waals surface area contributed by atoms with Crippen molar-refractivity contribution in [2.45, 2.75) is 6.42 Å². The summed E-state index contributed by atoms with van der Waals surface area (Å²) in [6, 6.07) is 19.8. The summed E-state index contributed by atoms with van der Waals surface area (Å²) >= 11 is 0. The molecule has 2 N–H and O–H groups in total. The fraction of sp³-hybridized carbons (Fsp3) is 0.130. The quantitative estimate of drug-likeness (QED) is 0.578. The van der Waals surface area contributed by atoms with Crippen molar-refractivity contribution >= 4 is 17.9 Å². The fourth-order valence-corrected chi connectivity index (χ4v) is 2.77. The van der Waals surface area contributed by atoms with Crippen molar-refractivity contribution in [1.29, 1.82) is 0 Å². The highest BCUT2D eigenvalue weighted by Gasteiger charge is 2.15. The molecule has 0 atom stereocenters. The van der Waals surface area contributed by atoms with Crippen molar-refractivity contribution in [1.82, 2.24) is 10.6 Å². The Hall–Kier alpha value is -3.80. The highest BCUT2D eigenvalue weighted by molar-refractivity contribution is 6.05. The van der Waals surface area contributed by atoms with Gasteiger partial charge >= 0.3 is 0 Å². The Balaban J connectivity index is 1.68. The normalized spacial score (nSPS) is 11.0. The van der Waals surface area contributed by atoms with Crippen LogP contribution in [0.15, 0.2) is 83.1 Å². The largest absolute Gasteiger partial charge is 0.496 e. The van der Waals surface area contributed by atoms with E-state index in [9.17, 15) is 9.59 Å². The predicted molar refractivity (Wildman–Crippen MR) is 110 cm³/mol. The van der Waals surface area contributed by atoms with E-state index in [-0.39, 0.29) is 11.6 Å². The molecule has 148 valence electrons. The summed E-state index contributed by atoms with van der Waals surface area (Å²) in [5, 5.41) is 5.50. The lowest BCUT2D eigenvalue weighted by Gasteiger charge is -2.12. The van der Waals surface area contributed by atoms with Gasteiger partial charge in [0.05, 0.1) is 13.4 Å². The van der Waals surface area contributed by atoms with Crippen molar-refractivity contribution in [3.8, 4) is 5.75 Å². The van der Waals surface area contributed by atoms with Gasteiger partial charge in [0.1, 0.15) is 17.2 Å². The minimum atomic E-state index is -0.402. The molecule has 0 bridgehead atoms. The number of hydrogen-bond donors (Lipinski definition) is 2. The van der Waals surface area contributed by atoms with Gasteiger partial charge in [-0.3, -0.25) is 9.59 Å². The van der Waals surface area contributed by atoms with Crippen LogP contribution in [0.1, 0.15) is 21.7 Å². The molecule has 29 heavy (non-hydrogen) atoms. The highest BCUT2D eigenvalue weighted by Crippen LogP contribution is 2.17. The summed E-state index contributed by atoms with van der Waals surface area (Å²) in [5.74, 6) is 0.461. The third kappa shape index (κ3) is 5.59. The third-order valence-electron chi connectivity index (χ3n) is 4.23. The van der Waals surface area contributed by atoms with Crippen molar-refractivity contribution < 1.29 is 18.7 Å². The molecule has 3 aromatic rings. The van der Waals surface area contributed by atoms with Crippen LogP contribution in [0.5, 0.6) is 5.75 Å². The van der Waals surface area contributed by atoms with Gasteiger partial charge in [0, 0.05) is 18.2 Å². The van der Waals surface area contributed by atoms with Crippen LogP contribution in [0.4, 0.5) is 0 Å². The molecule has 0 fully saturated rings. The van der Waals surface area contributed by atoms with Gasteiger partial charge in [-0.1, -0.05) is 36.4 Å². The molecule has 0 saturated carbocycles. The number of amides is 2. The van der Waals surface area contributed by atoms with E-state index in [2.05, 4.69) is 10.6 Å². The van der Waals surface area contributed by atoms with E-state index in [1.54, 1.807) is 43.5 Å². The molecular weight excluding hydrogens is 368 g/mol. The first-order valence-corrected chi connectivity index (χ1v) is 9.19. The Bertz CT molecular complexity index is 979. The first kappa shape index (κ1) is 19.9. The molecule has 0 unspecified atom stereocenters. The molecule has 2 aromatic carbocycles. The molecule has 0 aliphatic rings.